The zero-order valence-corrected chi connectivity index (χ0v) is 15.5. The van der Waals surface area contributed by atoms with Crippen LogP contribution >= 0.6 is 0 Å². The van der Waals surface area contributed by atoms with Crippen LogP contribution in [0.1, 0.15) is 32.1 Å². The number of hydrogen-bond donors (Lipinski definition) is 0. The highest BCUT2D eigenvalue weighted by Gasteiger charge is 2.31. The molecule has 0 N–H and O–H groups in total. The minimum Gasteiger partial charge on any atom is -0.478 e. The largest absolute Gasteiger partial charge is 0.478 e. The zero-order valence-electron chi connectivity index (χ0n) is 15.5. The molecule has 0 bridgehead atoms. The van der Waals surface area contributed by atoms with Gasteiger partial charge >= 0.3 is 0 Å². The van der Waals surface area contributed by atoms with Crippen molar-refractivity contribution in [1.82, 2.24) is 4.90 Å². The van der Waals surface area contributed by atoms with E-state index in [0.717, 1.165) is 57.1 Å². The summed E-state index contributed by atoms with van der Waals surface area (Å²) in [5.41, 5.74) is -0.0709. The Hall–Kier alpha value is -1.73. The molecular formula is C20H26F2N2O3. The van der Waals surface area contributed by atoms with Crippen LogP contribution in [-0.4, -0.2) is 56.3 Å². The van der Waals surface area contributed by atoms with Gasteiger partial charge in [-0.1, -0.05) is 0 Å². The molecule has 2 fully saturated rings. The van der Waals surface area contributed by atoms with E-state index in [1.54, 1.807) is 0 Å². The number of anilines is 1. The molecule has 0 unspecified atom stereocenters. The molecule has 1 aromatic carbocycles. The van der Waals surface area contributed by atoms with Crippen molar-refractivity contribution in [2.24, 2.45) is 5.92 Å². The van der Waals surface area contributed by atoms with Gasteiger partial charge < -0.3 is 19.3 Å². The second kappa shape index (κ2) is 8.10. The lowest BCUT2D eigenvalue weighted by molar-refractivity contribution is -0.121. The van der Waals surface area contributed by atoms with Crippen molar-refractivity contribution < 1.29 is 23.0 Å². The van der Waals surface area contributed by atoms with Crippen LogP contribution in [0, 0.1) is 17.6 Å². The lowest BCUT2D eigenvalue weighted by Crippen LogP contribution is -2.42. The van der Waals surface area contributed by atoms with Gasteiger partial charge in [0.15, 0.2) is 24.0 Å². The summed E-state index contributed by atoms with van der Waals surface area (Å²) >= 11 is 0. The van der Waals surface area contributed by atoms with E-state index >= 15 is 0 Å². The van der Waals surface area contributed by atoms with Crippen molar-refractivity contribution in [3.63, 3.8) is 0 Å². The molecule has 7 heteroatoms. The lowest BCUT2D eigenvalue weighted by atomic mass is 10.1. The van der Waals surface area contributed by atoms with Crippen molar-refractivity contribution >= 4 is 11.6 Å². The minimum atomic E-state index is -0.642. The predicted octanol–water partition coefficient (Wildman–Crippen LogP) is 2.97. The third-order valence-corrected chi connectivity index (χ3v) is 5.60. The molecule has 1 saturated heterocycles. The third kappa shape index (κ3) is 4.41. The molecule has 0 atom stereocenters. The van der Waals surface area contributed by atoms with Gasteiger partial charge in [0.2, 0.25) is 0 Å². The van der Waals surface area contributed by atoms with Crippen molar-refractivity contribution in [2.75, 3.05) is 44.3 Å². The second-order valence-electron chi connectivity index (χ2n) is 7.71. The smallest absolute Gasteiger partial charge is 0.265 e. The molecule has 0 spiro atoms. The van der Waals surface area contributed by atoms with Gasteiger partial charge in [-0.25, -0.2) is 8.78 Å². The Morgan fingerprint density at radius 3 is 2.56 bits per heavy atom. The molecule has 1 saturated carbocycles. The quantitative estimate of drug-likeness (QED) is 0.729. The monoisotopic (exact) mass is 380 g/mol. The number of carbonyl (C=O) groups is 1. The van der Waals surface area contributed by atoms with Crippen LogP contribution in [0.25, 0.3) is 0 Å². The Kier molecular flexibility index (Phi) is 5.59. The first-order valence-corrected chi connectivity index (χ1v) is 9.87. The number of amides is 1. The number of ether oxygens (including phenoxy) is 2. The lowest BCUT2D eigenvalue weighted by Gasteiger charge is -2.33. The molecule has 0 radical (unpaired) electrons. The summed E-state index contributed by atoms with van der Waals surface area (Å²) in [7, 11) is 0. The predicted molar refractivity (Wildman–Crippen MR) is 97.0 cm³/mol. The maximum Gasteiger partial charge on any atom is 0.265 e. The highest BCUT2D eigenvalue weighted by atomic mass is 19.1. The number of hydrogen-bond acceptors (Lipinski definition) is 4. The topological polar surface area (TPSA) is 42.0 Å². The average Bonchev–Trinajstić information content (AvgIpc) is 3.50. The molecule has 1 aliphatic carbocycles. The van der Waals surface area contributed by atoms with E-state index in [2.05, 4.69) is 4.90 Å². The molecule has 4 rings (SSSR count). The van der Waals surface area contributed by atoms with E-state index in [0.29, 0.717) is 19.1 Å². The van der Waals surface area contributed by atoms with E-state index in [4.69, 9.17) is 9.47 Å². The molecule has 5 nitrogen and oxygen atoms in total. The Morgan fingerprint density at radius 2 is 1.81 bits per heavy atom. The molecule has 0 aromatic heterocycles. The molecule has 3 aliphatic rings. The van der Waals surface area contributed by atoms with E-state index in [1.807, 2.05) is 0 Å². The highest BCUT2D eigenvalue weighted by molar-refractivity contribution is 5.98. The summed E-state index contributed by atoms with van der Waals surface area (Å²) in [6.07, 6.45) is 5.76. The van der Waals surface area contributed by atoms with Gasteiger partial charge in [0.05, 0.1) is 6.10 Å². The number of piperidine rings is 1. The fraction of sp³-hybridized carbons (Fsp3) is 0.650. The fourth-order valence-electron chi connectivity index (χ4n) is 3.79. The normalized spacial score (nSPS) is 21.3. The summed E-state index contributed by atoms with van der Waals surface area (Å²) in [5.74, 6) is -0.977. The Bertz CT molecular complexity index is 688. The summed E-state index contributed by atoms with van der Waals surface area (Å²) in [6, 6.07) is 2.06. The number of halogens is 2. The third-order valence-electron chi connectivity index (χ3n) is 5.60. The van der Waals surface area contributed by atoms with Crippen molar-refractivity contribution in [3.8, 4) is 5.75 Å². The molecule has 27 heavy (non-hydrogen) atoms. The number of benzene rings is 1. The first kappa shape index (κ1) is 18.6. The first-order valence-electron chi connectivity index (χ1n) is 9.87. The van der Waals surface area contributed by atoms with Crippen LogP contribution in [0.4, 0.5) is 14.5 Å². The summed E-state index contributed by atoms with van der Waals surface area (Å²) in [4.78, 5) is 15.8. The van der Waals surface area contributed by atoms with Gasteiger partial charge in [-0.15, -0.1) is 0 Å². The number of carbonyl (C=O) groups excluding carboxylic acids is 1. The van der Waals surface area contributed by atoms with Gasteiger partial charge in [-0.2, -0.15) is 0 Å². The minimum absolute atomic E-state index is 0.0709. The summed E-state index contributed by atoms with van der Waals surface area (Å²) < 4.78 is 39.1. The van der Waals surface area contributed by atoms with E-state index in [9.17, 15) is 13.6 Å². The molecule has 1 aromatic rings. The van der Waals surface area contributed by atoms with Crippen molar-refractivity contribution in [2.45, 2.75) is 38.2 Å². The number of rotatable bonds is 7. The van der Waals surface area contributed by atoms with Crippen molar-refractivity contribution in [3.05, 3.63) is 23.8 Å². The molecule has 2 heterocycles. The number of fused-ring (bicyclic) bond motifs is 1. The SMILES string of the molecule is O=C1COc2c(F)ccc(F)c2N1CCCN1CCC(OCC2CC2)CC1. The van der Waals surface area contributed by atoms with Gasteiger partial charge in [-0.3, -0.25) is 4.79 Å². The summed E-state index contributed by atoms with van der Waals surface area (Å²) in [5, 5.41) is 0. The van der Waals surface area contributed by atoms with E-state index in [-0.39, 0.29) is 24.0 Å². The van der Waals surface area contributed by atoms with Crippen LogP contribution in [0.2, 0.25) is 0 Å². The number of likely N-dealkylation sites (tertiary alicyclic amines) is 1. The van der Waals surface area contributed by atoms with Gasteiger partial charge in [0.1, 0.15) is 5.69 Å². The Balaban J connectivity index is 1.26. The van der Waals surface area contributed by atoms with Gasteiger partial charge in [0, 0.05) is 26.2 Å². The second-order valence-corrected chi connectivity index (χ2v) is 7.71. The summed E-state index contributed by atoms with van der Waals surface area (Å²) in [6.45, 7) is 3.79. The van der Waals surface area contributed by atoms with Gasteiger partial charge in [-0.05, 0) is 56.7 Å². The van der Waals surface area contributed by atoms with Crippen LogP contribution in [0.5, 0.6) is 5.75 Å². The fourth-order valence-corrected chi connectivity index (χ4v) is 3.79. The van der Waals surface area contributed by atoms with Gasteiger partial charge in [0.25, 0.3) is 5.91 Å². The maximum absolute atomic E-state index is 14.2. The van der Waals surface area contributed by atoms with Crippen LogP contribution in [0.3, 0.4) is 0 Å². The standard InChI is InChI=1S/C20H26F2N2O3/c21-16-4-5-17(22)20-19(16)24(18(25)13-27-20)9-1-8-23-10-6-15(7-11-23)26-12-14-2-3-14/h4-5,14-15H,1-3,6-13H2. The van der Waals surface area contributed by atoms with Crippen LogP contribution in [-0.2, 0) is 9.53 Å². The first-order chi connectivity index (χ1) is 13.1. The molecular weight excluding hydrogens is 354 g/mol. The maximum atomic E-state index is 14.2. The highest BCUT2D eigenvalue weighted by Crippen LogP contribution is 2.37. The zero-order chi connectivity index (χ0) is 18.8. The molecule has 148 valence electrons. The Morgan fingerprint density at radius 1 is 1.07 bits per heavy atom. The van der Waals surface area contributed by atoms with Crippen LogP contribution in [0.15, 0.2) is 12.1 Å². The average molecular weight is 380 g/mol. The van der Waals surface area contributed by atoms with Crippen molar-refractivity contribution in [1.29, 1.82) is 0 Å². The van der Waals surface area contributed by atoms with E-state index < -0.39 is 11.6 Å². The number of nitrogens with zero attached hydrogens (tertiary/aromatic N) is 2. The van der Waals surface area contributed by atoms with E-state index in [1.165, 1.54) is 17.7 Å². The molecule has 2 aliphatic heterocycles. The Labute approximate surface area is 158 Å². The molecule has 1 amide bonds. The van der Waals surface area contributed by atoms with Crippen LogP contribution < -0.4 is 9.64 Å².